The van der Waals surface area contributed by atoms with E-state index in [0.717, 1.165) is 25.7 Å². The standard InChI is InChI=1S/C17H25N3O5S/c1-19(13-10-16(21)22)17(23)18-14-6-8-15(9-7-14)26(24,25)20-11-4-2-3-5-12-20/h6-9H,2-5,10-13H2,1H3,(H,18,23)(H,21,22). The van der Waals surface area contributed by atoms with Gasteiger partial charge in [0.15, 0.2) is 0 Å². The van der Waals surface area contributed by atoms with Gasteiger partial charge in [0.05, 0.1) is 11.3 Å². The Morgan fingerprint density at radius 3 is 2.23 bits per heavy atom. The highest BCUT2D eigenvalue weighted by molar-refractivity contribution is 7.89. The van der Waals surface area contributed by atoms with E-state index in [-0.39, 0.29) is 17.9 Å². The number of hydrogen-bond acceptors (Lipinski definition) is 4. The first kappa shape index (κ1) is 20.2. The maximum absolute atomic E-state index is 12.7. The van der Waals surface area contributed by atoms with Gasteiger partial charge < -0.3 is 15.3 Å². The fourth-order valence-corrected chi connectivity index (χ4v) is 4.24. The molecule has 0 unspecified atom stereocenters. The lowest BCUT2D eigenvalue weighted by Gasteiger charge is -2.20. The summed E-state index contributed by atoms with van der Waals surface area (Å²) in [6.07, 6.45) is 3.70. The van der Waals surface area contributed by atoms with E-state index in [1.54, 1.807) is 0 Å². The van der Waals surface area contributed by atoms with Gasteiger partial charge in [0.25, 0.3) is 0 Å². The predicted molar refractivity (Wildman–Crippen MR) is 97.6 cm³/mol. The lowest BCUT2D eigenvalue weighted by atomic mass is 10.2. The Balaban J connectivity index is 2.00. The second-order valence-corrected chi connectivity index (χ2v) is 8.28. The zero-order valence-corrected chi connectivity index (χ0v) is 15.7. The number of nitrogens with zero attached hydrogens (tertiary/aromatic N) is 2. The number of rotatable bonds is 6. The van der Waals surface area contributed by atoms with E-state index in [1.165, 1.54) is 40.5 Å². The summed E-state index contributed by atoms with van der Waals surface area (Å²) < 4.78 is 26.9. The van der Waals surface area contributed by atoms with Gasteiger partial charge in [-0.3, -0.25) is 4.79 Å². The van der Waals surface area contributed by atoms with Crippen molar-refractivity contribution in [2.45, 2.75) is 37.0 Å². The third-order valence-electron chi connectivity index (χ3n) is 4.32. The number of carboxylic acids is 1. The Bertz CT molecular complexity index is 725. The number of urea groups is 1. The van der Waals surface area contributed by atoms with Crippen molar-refractivity contribution in [1.82, 2.24) is 9.21 Å². The van der Waals surface area contributed by atoms with E-state index >= 15 is 0 Å². The molecule has 2 rings (SSSR count). The molecular formula is C17H25N3O5S. The van der Waals surface area contributed by atoms with Gasteiger partial charge >= 0.3 is 12.0 Å². The fourth-order valence-electron chi connectivity index (χ4n) is 2.73. The topological polar surface area (TPSA) is 107 Å². The van der Waals surface area contributed by atoms with Crippen LogP contribution in [0.25, 0.3) is 0 Å². The second-order valence-electron chi connectivity index (χ2n) is 6.34. The third kappa shape index (κ3) is 5.43. The summed E-state index contributed by atoms with van der Waals surface area (Å²) in [5, 5.41) is 11.3. The minimum atomic E-state index is -3.52. The number of nitrogens with one attached hydrogen (secondary N) is 1. The van der Waals surface area contributed by atoms with Gasteiger partial charge in [-0.05, 0) is 37.1 Å². The third-order valence-corrected chi connectivity index (χ3v) is 6.23. The number of carboxylic acid groups (broad SMARTS) is 1. The number of sulfonamides is 1. The van der Waals surface area contributed by atoms with Crippen LogP contribution in [-0.4, -0.2) is 61.4 Å². The van der Waals surface area contributed by atoms with Crippen LogP contribution >= 0.6 is 0 Å². The van der Waals surface area contributed by atoms with Gasteiger partial charge in [-0.15, -0.1) is 0 Å². The lowest BCUT2D eigenvalue weighted by Crippen LogP contribution is -2.33. The van der Waals surface area contributed by atoms with E-state index < -0.39 is 22.0 Å². The van der Waals surface area contributed by atoms with Crippen LogP contribution in [0.4, 0.5) is 10.5 Å². The summed E-state index contributed by atoms with van der Waals surface area (Å²) in [6, 6.07) is 5.58. The second kappa shape index (κ2) is 9.00. The average Bonchev–Trinajstić information content (AvgIpc) is 2.90. The molecule has 144 valence electrons. The number of carbonyl (C=O) groups is 2. The molecule has 1 aromatic carbocycles. The highest BCUT2D eigenvalue weighted by Crippen LogP contribution is 2.21. The Morgan fingerprint density at radius 2 is 1.69 bits per heavy atom. The van der Waals surface area contributed by atoms with E-state index in [9.17, 15) is 18.0 Å². The Morgan fingerprint density at radius 1 is 1.12 bits per heavy atom. The van der Waals surface area contributed by atoms with E-state index in [2.05, 4.69) is 5.32 Å². The van der Waals surface area contributed by atoms with Crippen LogP contribution in [-0.2, 0) is 14.8 Å². The molecule has 0 aromatic heterocycles. The minimum absolute atomic E-state index is 0.0859. The summed E-state index contributed by atoms with van der Waals surface area (Å²) in [7, 11) is -2.02. The van der Waals surface area contributed by atoms with E-state index in [4.69, 9.17) is 5.11 Å². The molecule has 1 aliphatic rings. The van der Waals surface area contributed by atoms with Gasteiger partial charge in [-0.2, -0.15) is 4.31 Å². The molecule has 1 aliphatic heterocycles. The van der Waals surface area contributed by atoms with Crippen molar-refractivity contribution in [3.05, 3.63) is 24.3 Å². The van der Waals surface area contributed by atoms with Crippen LogP contribution in [0.1, 0.15) is 32.1 Å². The van der Waals surface area contributed by atoms with Crippen molar-refractivity contribution in [3.8, 4) is 0 Å². The molecule has 0 radical (unpaired) electrons. The lowest BCUT2D eigenvalue weighted by molar-refractivity contribution is -0.137. The molecule has 1 saturated heterocycles. The van der Waals surface area contributed by atoms with Crippen LogP contribution in [0.2, 0.25) is 0 Å². The first-order valence-electron chi connectivity index (χ1n) is 8.65. The summed E-state index contributed by atoms with van der Waals surface area (Å²) in [6.45, 7) is 1.16. The number of benzene rings is 1. The Labute approximate surface area is 153 Å². The quantitative estimate of drug-likeness (QED) is 0.783. The van der Waals surface area contributed by atoms with Crippen LogP contribution in [0.3, 0.4) is 0 Å². The summed E-state index contributed by atoms with van der Waals surface area (Å²) in [4.78, 5) is 24.0. The zero-order valence-electron chi connectivity index (χ0n) is 14.8. The Hall–Kier alpha value is -2.13. The summed E-state index contributed by atoms with van der Waals surface area (Å²) in [5.41, 5.74) is 0.451. The summed E-state index contributed by atoms with van der Waals surface area (Å²) in [5.74, 6) is -0.979. The number of hydrogen-bond donors (Lipinski definition) is 2. The van der Waals surface area contributed by atoms with Gasteiger partial charge in [-0.1, -0.05) is 12.8 Å². The molecule has 2 amide bonds. The van der Waals surface area contributed by atoms with E-state index in [1.807, 2.05) is 0 Å². The minimum Gasteiger partial charge on any atom is -0.481 e. The Kier molecular flexibility index (Phi) is 6.98. The monoisotopic (exact) mass is 383 g/mol. The highest BCUT2D eigenvalue weighted by Gasteiger charge is 2.25. The molecule has 0 saturated carbocycles. The molecule has 8 nitrogen and oxygen atoms in total. The largest absolute Gasteiger partial charge is 0.481 e. The average molecular weight is 383 g/mol. The SMILES string of the molecule is CN(CCC(=O)O)C(=O)Nc1ccc(S(=O)(=O)N2CCCCCC2)cc1. The maximum Gasteiger partial charge on any atom is 0.321 e. The molecule has 1 aromatic rings. The number of aliphatic carboxylic acids is 1. The fraction of sp³-hybridized carbons (Fsp3) is 0.529. The van der Waals surface area contributed by atoms with Crippen molar-refractivity contribution in [2.24, 2.45) is 0 Å². The van der Waals surface area contributed by atoms with Crippen molar-refractivity contribution >= 4 is 27.7 Å². The number of anilines is 1. The number of carbonyl (C=O) groups excluding carboxylic acids is 1. The van der Waals surface area contributed by atoms with E-state index in [0.29, 0.717) is 18.8 Å². The van der Waals surface area contributed by atoms with Crippen LogP contribution in [0.15, 0.2) is 29.2 Å². The highest BCUT2D eigenvalue weighted by atomic mass is 32.2. The molecule has 0 bridgehead atoms. The molecule has 0 atom stereocenters. The van der Waals surface area contributed by atoms with Crippen molar-refractivity contribution in [1.29, 1.82) is 0 Å². The van der Waals surface area contributed by atoms with Crippen LogP contribution in [0.5, 0.6) is 0 Å². The van der Waals surface area contributed by atoms with Gasteiger partial charge in [0.2, 0.25) is 10.0 Å². The van der Waals surface area contributed by atoms with Crippen molar-refractivity contribution in [2.75, 3.05) is 32.0 Å². The number of amides is 2. The molecule has 1 fully saturated rings. The van der Waals surface area contributed by atoms with Crippen molar-refractivity contribution < 1.29 is 23.1 Å². The predicted octanol–water partition coefficient (Wildman–Crippen LogP) is 2.19. The zero-order chi connectivity index (χ0) is 19.2. The molecule has 2 N–H and O–H groups in total. The first-order valence-corrected chi connectivity index (χ1v) is 10.1. The maximum atomic E-state index is 12.7. The van der Waals surface area contributed by atoms with Crippen LogP contribution < -0.4 is 5.32 Å². The van der Waals surface area contributed by atoms with Gasteiger partial charge in [-0.25, -0.2) is 13.2 Å². The molecule has 0 spiro atoms. The first-order chi connectivity index (χ1) is 12.3. The van der Waals surface area contributed by atoms with Gasteiger partial charge in [0, 0.05) is 32.4 Å². The molecule has 9 heteroatoms. The van der Waals surface area contributed by atoms with Crippen LogP contribution in [0, 0.1) is 0 Å². The summed E-state index contributed by atoms with van der Waals surface area (Å²) >= 11 is 0. The van der Waals surface area contributed by atoms with Gasteiger partial charge in [0.1, 0.15) is 0 Å². The smallest absolute Gasteiger partial charge is 0.321 e. The molecular weight excluding hydrogens is 358 g/mol. The molecule has 1 heterocycles. The molecule has 0 aliphatic carbocycles. The normalized spacial score (nSPS) is 15.9. The van der Waals surface area contributed by atoms with Crippen molar-refractivity contribution in [3.63, 3.8) is 0 Å². The molecule has 26 heavy (non-hydrogen) atoms.